The van der Waals surface area contributed by atoms with Gasteiger partial charge in [-0.15, -0.1) is 34.0 Å². The number of carbonyl (C=O) groups is 1. The number of methoxy groups -OCH3 is 1. The molecule has 0 saturated heterocycles. The van der Waals surface area contributed by atoms with Gasteiger partial charge in [-0.2, -0.15) is 0 Å². The van der Waals surface area contributed by atoms with E-state index >= 15 is 0 Å². The molecule has 0 aromatic carbocycles. The molecule has 0 fully saturated rings. The second-order valence-corrected chi connectivity index (χ2v) is 8.28. The lowest BCUT2D eigenvalue weighted by molar-refractivity contribution is 0.102. The van der Waals surface area contributed by atoms with Crippen molar-refractivity contribution in [3.63, 3.8) is 0 Å². The van der Waals surface area contributed by atoms with E-state index in [0.29, 0.717) is 17.4 Å². The molecule has 0 saturated carbocycles. The highest BCUT2D eigenvalue weighted by atomic mass is 32.1. The molecule has 120 valence electrons. The van der Waals surface area contributed by atoms with Crippen molar-refractivity contribution in [3.05, 3.63) is 38.0 Å². The van der Waals surface area contributed by atoms with Crippen molar-refractivity contribution in [1.29, 1.82) is 0 Å². The average Bonchev–Trinajstić information content (AvgIpc) is 3.20. The van der Waals surface area contributed by atoms with Crippen LogP contribution in [0.3, 0.4) is 0 Å². The number of aromatic nitrogens is 2. The molecule has 3 aromatic heterocycles. The van der Waals surface area contributed by atoms with Crippen LogP contribution in [0, 0.1) is 13.8 Å². The van der Waals surface area contributed by atoms with Crippen molar-refractivity contribution < 1.29 is 9.53 Å². The van der Waals surface area contributed by atoms with Crippen LogP contribution in [-0.4, -0.2) is 23.0 Å². The molecule has 5 nitrogen and oxygen atoms in total. The maximum Gasteiger partial charge on any atom is 0.276 e. The number of anilines is 1. The highest BCUT2D eigenvalue weighted by Crippen LogP contribution is 2.34. The average molecular weight is 366 g/mol. The van der Waals surface area contributed by atoms with E-state index in [1.165, 1.54) is 27.6 Å². The number of aryl methyl sites for hydroxylation is 2. The zero-order valence-corrected chi connectivity index (χ0v) is 15.3. The van der Waals surface area contributed by atoms with Crippen molar-refractivity contribution in [2.45, 2.75) is 20.5 Å². The van der Waals surface area contributed by atoms with Gasteiger partial charge in [0.25, 0.3) is 5.91 Å². The predicted molar refractivity (Wildman–Crippen MR) is 95.7 cm³/mol. The van der Waals surface area contributed by atoms with Gasteiger partial charge in [-0.05, 0) is 26.0 Å². The number of hydrogen-bond acceptors (Lipinski definition) is 7. The molecule has 0 radical (unpaired) electrons. The predicted octanol–water partition coefficient (Wildman–Crippen LogP) is 4.34. The van der Waals surface area contributed by atoms with E-state index < -0.39 is 0 Å². The Labute approximate surface area is 146 Å². The fourth-order valence-corrected chi connectivity index (χ4v) is 4.55. The largest absolute Gasteiger partial charge is 0.378 e. The number of carbonyl (C=O) groups excluding carboxylic acids is 1. The van der Waals surface area contributed by atoms with Crippen molar-refractivity contribution >= 4 is 45.0 Å². The van der Waals surface area contributed by atoms with Crippen LogP contribution >= 0.6 is 34.0 Å². The van der Waals surface area contributed by atoms with Gasteiger partial charge in [-0.3, -0.25) is 10.1 Å². The van der Waals surface area contributed by atoms with Gasteiger partial charge in [-0.25, -0.2) is 9.97 Å². The van der Waals surface area contributed by atoms with Crippen LogP contribution in [0.1, 0.15) is 25.3 Å². The Hall–Kier alpha value is -1.61. The second kappa shape index (κ2) is 6.88. The molecule has 0 spiro atoms. The second-order valence-electron chi connectivity index (χ2n) is 4.85. The number of hydrogen-bond donors (Lipinski definition) is 1. The van der Waals surface area contributed by atoms with Crippen molar-refractivity contribution in [1.82, 2.24) is 9.97 Å². The maximum atomic E-state index is 12.3. The summed E-state index contributed by atoms with van der Waals surface area (Å²) in [5, 5.41) is 5.93. The van der Waals surface area contributed by atoms with Crippen LogP contribution < -0.4 is 5.32 Å². The molecule has 0 unspecified atom stereocenters. The first-order valence-corrected chi connectivity index (χ1v) is 9.37. The minimum absolute atomic E-state index is 0.244. The quantitative estimate of drug-likeness (QED) is 0.730. The molecular formula is C15H15N3O2S3. The number of rotatable bonds is 5. The Bertz CT molecular complexity index is 835. The van der Waals surface area contributed by atoms with Gasteiger partial charge in [-0.1, -0.05) is 0 Å². The van der Waals surface area contributed by atoms with Crippen LogP contribution in [0.5, 0.6) is 0 Å². The zero-order chi connectivity index (χ0) is 16.4. The van der Waals surface area contributed by atoms with Gasteiger partial charge in [0.1, 0.15) is 10.7 Å². The number of thiophene rings is 1. The highest BCUT2D eigenvalue weighted by molar-refractivity contribution is 7.18. The summed E-state index contributed by atoms with van der Waals surface area (Å²) >= 11 is 4.58. The summed E-state index contributed by atoms with van der Waals surface area (Å²) in [5.74, 6) is -0.244. The van der Waals surface area contributed by atoms with Crippen LogP contribution in [-0.2, 0) is 11.3 Å². The van der Waals surface area contributed by atoms with E-state index in [4.69, 9.17) is 4.74 Å². The minimum Gasteiger partial charge on any atom is -0.378 e. The fourth-order valence-electron chi connectivity index (χ4n) is 2.01. The first-order chi connectivity index (χ1) is 11.1. The Morgan fingerprint density at radius 1 is 1.26 bits per heavy atom. The third-order valence-electron chi connectivity index (χ3n) is 3.04. The summed E-state index contributed by atoms with van der Waals surface area (Å²) in [6.45, 7) is 4.49. The van der Waals surface area contributed by atoms with Crippen molar-refractivity contribution in [2.75, 3.05) is 12.4 Å². The van der Waals surface area contributed by atoms with Gasteiger partial charge < -0.3 is 4.74 Å². The first kappa shape index (κ1) is 16.3. The van der Waals surface area contributed by atoms with Gasteiger partial charge in [0.2, 0.25) is 0 Å². The van der Waals surface area contributed by atoms with Crippen LogP contribution in [0.4, 0.5) is 5.13 Å². The molecule has 3 aromatic rings. The van der Waals surface area contributed by atoms with Gasteiger partial charge in [0.15, 0.2) is 5.13 Å². The van der Waals surface area contributed by atoms with Crippen LogP contribution in [0.15, 0.2) is 17.5 Å². The van der Waals surface area contributed by atoms with E-state index in [-0.39, 0.29) is 5.91 Å². The van der Waals surface area contributed by atoms with Gasteiger partial charge in [0, 0.05) is 22.2 Å². The van der Waals surface area contributed by atoms with Crippen LogP contribution in [0.25, 0.3) is 10.6 Å². The lowest BCUT2D eigenvalue weighted by atomic mass is 10.3. The van der Waals surface area contributed by atoms with Crippen molar-refractivity contribution in [2.24, 2.45) is 0 Å². The summed E-state index contributed by atoms with van der Waals surface area (Å²) in [4.78, 5) is 24.5. The molecule has 0 aliphatic rings. The number of nitrogens with one attached hydrogen (secondary N) is 1. The van der Waals surface area contributed by atoms with E-state index in [9.17, 15) is 4.79 Å². The Morgan fingerprint density at radius 2 is 2.09 bits per heavy atom. The van der Waals surface area contributed by atoms with Gasteiger partial charge >= 0.3 is 0 Å². The Morgan fingerprint density at radius 3 is 2.78 bits per heavy atom. The van der Waals surface area contributed by atoms with E-state index in [1.807, 2.05) is 6.92 Å². The molecule has 0 bridgehead atoms. The maximum absolute atomic E-state index is 12.3. The summed E-state index contributed by atoms with van der Waals surface area (Å²) in [6, 6.07) is 4.13. The SMILES string of the molecule is COCc1nc(C(=O)Nc2nc(-c3ccc(C)s3)c(C)s2)cs1. The molecule has 1 amide bonds. The molecule has 0 atom stereocenters. The van der Waals surface area contributed by atoms with Crippen LogP contribution in [0.2, 0.25) is 0 Å². The van der Waals surface area contributed by atoms with E-state index in [0.717, 1.165) is 20.5 Å². The summed E-state index contributed by atoms with van der Waals surface area (Å²) in [5.41, 5.74) is 1.32. The normalized spacial score (nSPS) is 10.9. The number of thiazole rings is 2. The lowest BCUT2D eigenvalue weighted by Crippen LogP contribution is -2.12. The fraction of sp³-hybridized carbons (Fsp3) is 0.267. The standard InChI is InChI=1S/C15H15N3O2S3/c1-8-4-5-11(22-8)13-9(2)23-15(17-13)18-14(19)10-7-21-12(16-10)6-20-3/h4-5,7H,6H2,1-3H3,(H,17,18,19). The summed E-state index contributed by atoms with van der Waals surface area (Å²) in [6.07, 6.45) is 0. The first-order valence-electron chi connectivity index (χ1n) is 6.85. The van der Waals surface area contributed by atoms with E-state index in [2.05, 4.69) is 34.3 Å². The van der Waals surface area contributed by atoms with Crippen molar-refractivity contribution in [3.8, 4) is 10.6 Å². The highest BCUT2D eigenvalue weighted by Gasteiger charge is 2.16. The monoisotopic (exact) mass is 365 g/mol. The Balaban J connectivity index is 1.76. The molecular weight excluding hydrogens is 350 g/mol. The summed E-state index contributed by atoms with van der Waals surface area (Å²) < 4.78 is 5.02. The number of nitrogens with zero attached hydrogens (tertiary/aromatic N) is 2. The number of ether oxygens (including phenoxy) is 1. The minimum atomic E-state index is -0.244. The summed E-state index contributed by atoms with van der Waals surface area (Å²) in [7, 11) is 1.60. The molecule has 0 aliphatic carbocycles. The smallest absolute Gasteiger partial charge is 0.276 e. The molecule has 8 heteroatoms. The zero-order valence-electron chi connectivity index (χ0n) is 12.9. The number of amides is 1. The third kappa shape index (κ3) is 3.66. The Kier molecular flexibility index (Phi) is 4.86. The van der Waals surface area contributed by atoms with E-state index in [1.54, 1.807) is 23.8 Å². The molecule has 3 rings (SSSR count). The molecule has 3 heterocycles. The third-order valence-corrected chi connectivity index (χ3v) is 5.76. The molecule has 23 heavy (non-hydrogen) atoms. The molecule has 1 N–H and O–H groups in total. The van der Waals surface area contributed by atoms with Gasteiger partial charge in [0.05, 0.1) is 17.2 Å². The molecule has 0 aliphatic heterocycles. The topological polar surface area (TPSA) is 64.1 Å². The lowest BCUT2D eigenvalue weighted by Gasteiger charge is -1.97.